The Morgan fingerprint density at radius 1 is 1.12 bits per heavy atom. The Morgan fingerprint density at radius 3 is 2.31 bits per heavy atom. The van der Waals surface area contributed by atoms with Gasteiger partial charge in [0.25, 0.3) is 0 Å². The normalized spacial score (nSPS) is 22.1. The van der Waals surface area contributed by atoms with Gasteiger partial charge in [0.2, 0.25) is 0 Å². The molecule has 3 rings (SSSR count). The van der Waals surface area contributed by atoms with E-state index in [1.54, 1.807) is 0 Å². The molecule has 5 nitrogen and oxygen atoms in total. The van der Waals surface area contributed by atoms with Gasteiger partial charge in [-0.05, 0) is 38.5 Å². The summed E-state index contributed by atoms with van der Waals surface area (Å²) in [6.45, 7) is 17.6. The molecule has 2 aliphatic heterocycles. The smallest absolute Gasteiger partial charge is 0.194 e. The van der Waals surface area contributed by atoms with E-state index in [0.717, 1.165) is 45.4 Å². The van der Waals surface area contributed by atoms with E-state index >= 15 is 0 Å². The van der Waals surface area contributed by atoms with Gasteiger partial charge < -0.3 is 19.9 Å². The van der Waals surface area contributed by atoms with Crippen molar-refractivity contribution in [3.63, 3.8) is 0 Å². The van der Waals surface area contributed by atoms with Gasteiger partial charge in [0.05, 0.1) is 19.8 Å². The van der Waals surface area contributed by atoms with Crippen molar-refractivity contribution in [1.82, 2.24) is 10.2 Å². The summed E-state index contributed by atoms with van der Waals surface area (Å²) < 4.78 is 5.43. The van der Waals surface area contributed by atoms with Crippen molar-refractivity contribution < 1.29 is 4.74 Å². The highest BCUT2D eigenvalue weighted by Gasteiger charge is 2.53. The third-order valence-electron chi connectivity index (χ3n) is 6.20. The molecule has 0 spiro atoms. The lowest BCUT2D eigenvalue weighted by molar-refractivity contribution is -0.0667. The Morgan fingerprint density at radius 2 is 1.77 bits per heavy atom. The summed E-state index contributed by atoms with van der Waals surface area (Å²) in [4.78, 5) is 9.69. The minimum atomic E-state index is 0.119. The number of hydrogen-bond acceptors (Lipinski definition) is 3. The van der Waals surface area contributed by atoms with Crippen molar-refractivity contribution in [2.45, 2.75) is 46.7 Å². The van der Waals surface area contributed by atoms with Gasteiger partial charge in [-0.15, -0.1) is 0 Å². The molecule has 1 N–H and O–H groups in total. The molecule has 2 heterocycles. The maximum atomic E-state index is 5.43. The summed E-state index contributed by atoms with van der Waals surface area (Å²) in [5.41, 5.74) is 2.95. The average molecular weight is 359 g/mol. The first kappa shape index (κ1) is 19.0. The molecule has 26 heavy (non-hydrogen) atoms. The number of nitrogens with zero attached hydrogens (tertiary/aromatic N) is 3. The summed E-state index contributed by atoms with van der Waals surface area (Å²) in [7, 11) is 0. The molecule has 0 atom stereocenters. The van der Waals surface area contributed by atoms with Gasteiger partial charge in [0, 0.05) is 42.8 Å². The molecule has 1 aromatic carbocycles. The molecule has 144 valence electrons. The summed E-state index contributed by atoms with van der Waals surface area (Å²) >= 11 is 0. The number of likely N-dealkylation sites (tertiary alicyclic amines) is 1. The number of benzene rings is 1. The fourth-order valence-electron chi connectivity index (χ4n) is 3.59. The van der Waals surface area contributed by atoms with Crippen LogP contribution in [0, 0.1) is 5.41 Å². The number of morpholine rings is 1. The molecule has 0 unspecified atom stereocenters. The summed E-state index contributed by atoms with van der Waals surface area (Å²) in [5, 5.41) is 3.47. The number of rotatable bonds is 4. The van der Waals surface area contributed by atoms with E-state index in [-0.39, 0.29) is 5.54 Å². The number of ether oxygens (including phenoxy) is 1. The number of guanidine groups is 1. The minimum Gasteiger partial charge on any atom is -0.378 e. The Labute approximate surface area is 158 Å². The van der Waals surface area contributed by atoms with Crippen LogP contribution in [-0.4, -0.2) is 55.8 Å². The molecular weight excluding hydrogens is 324 g/mol. The van der Waals surface area contributed by atoms with E-state index in [1.807, 2.05) is 0 Å². The average Bonchev–Trinajstić information content (AvgIpc) is 2.64. The predicted octanol–water partition coefficient (Wildman–Crippen LogP) is 3.11. The van der Waals surface area contributed by atoms with Crippen molar-refractivity contribution in [2.24, 2.45) is 10.4 Å². The number of hydrogen-bond donors (Lipinski definition) is 1. The monoisotopic (exact) mass is 358 g/mol. The Hall–Kier alpha value is -1.75. The lowest BCUT2D eigenvalue weighted by atomic mass is 9.65. The van der Waals surface area contributed by atoms with Crippen LogP contribution in [0.25, 0.3) is 0 Å². The topological polar surface area (TPSA) is 40.1 Å². The molecule has 0 saturated carbocycles. The zero-order valence-electron chi connectivity index (χ0n) is 17.0. The molecule has 0 aromatic heterocycles. The SMILES string of the molecule is CCNC(=NCc1ccc(N2CCOCC2)cc1)N1CC(C)(C)C1(C)C. The maximum absolute atomic E-state index is 5.43. The van der Waals surface area contributed by atoms with Crippen molar-refractivity contribution in [2.75, 3.05) is 44.3 Å². The maximum Gasteiger partial charge on any atom is 0.194 e. The third-order valence-corrected chi connectivity index (χ3v) is 6.20. The first-order valence-corrected chi connectivity index (χ1v) is 9.83. The lowest BCUT2D eigenvalue weighted by Gasteiger charge is -2.62. The highest BCUT2D eigenvalue weighted by molar-refractivity contribution is 5.82. The van der Waals surface area contributed by atoms with E-state index in [2.05, 4.69) is 74.0 Å². The summed E-state index contributed by atoms with van der Waals surface area (Å²) in [6, 6.07) is 8.81. The van der Waals surface area contributed by atoms with Crippen LogP contribution in [0.2, 0.25) is 0 Å². The molecule has 0 radical (unpaired) electrons. The summed E-state index contributed by atoms with van der Waals surface area (Å²) in [6.07, 6.45) is 0. The van der Waals surface area contributed by atoms with Crippen molar-refractivity contribution in [1.29, 1.82) is 0 Å². The first-order valence-electron chi connectivity index (χ1n) is 9.83. The van der Waals surface area contributed by atoms with Crippen LogP contribution in [0.1, 0.15) is 40.2 Å². The van der Waals surface area contributed by atoms with E-state index in [1.165, 1.54) is 11.3 Å². The largest absolute Gasteiger partial charge is 0.378 e. The summed E-state index contributed by atoms with van der Waals surface area (Å²) in [5.74, 6) is 1.02. The van der Waals surface area contributed by atoms with Crippen LogP contribution in [0.3, 0.4) is 0 Å². The third kappa shape index (κ3) is 3.68. The van der Waals surface area contributed by atoms with Gasteiger partial charge >= 0.3 is 0 Å². The Bertz CT molecular complexity index is 630. The first-order chi connectivity index (χ1) is 12.3. The molecule has 0 amide bonds. The van der Waals surface area contributed by atoms with Gasteiger partial charge in [0.15, 0.2) is 5.96 Å². The second-order valence-corrected chi connectivity index (χ2v) is 8.47. The van der Waals surface area contributed by atoms with Crippen LogP contribution < -0.4 is 10.2 Å². The number of nitrogens with one attached hydrogen (secondary N) is 1. The van der Waals surface area contributed by atoms with Crippen molar-refractivity contribution in [3.05, 3.63) is 29.8 Å². The van der Waals surface area contributed by atoms with E-state index < -0.39 is 0 Å². The zero-order chi connectivity index (χ0) is 18.8. The quantitative estimate of drug-likeness (QED) is 0.663. The Kier molecular flexibility index (Phi) is 5.47. The highest BCUT2D eigenvalue weighted by atomic mass is 16.5. The molecule has 2 fully saturated rings. The fourth-order valence-corrected chi connectivity index (χ4v) is 3.59. The second-order valence-electron chi connectivity index (χ2n) is 8.47. The second kappa shape index (κ2) is 7.47. The lowest BCUT2D eigenvalue weighted by Crippen LogP contribution is -2.72. The van der Waals surface area contributed by atoms with E-state index in [4.69, 9.17) is 9.73 Å². The molecule has 5 heteroatoms. The van der Waals surface area contributed by atoms with Crippen LogP contribution in [0.4, 0.5) is 5.69 Å². The molecule has 2 aliphatic rings. The molecule has 0 aliphatic carbocycles. The van der Waals surface area contributed by atoms with Gasteiger partial charge in [0.1, 0.15) is 0 Å². The highest BCUT2D eigenvalue weighted by Crippen LogP contribution is 2.46. The number of anilines is 1. The molecule has 2 saturated heterocycles. The van der Waals surface area contributed by atoms with Gasteiger partial charge in [-0.1, -0.05) is 26.0 Å². The molecule has 0 bridgehead atoms. The van der Waals surface area contributed by atoms with Crippen LogP contribution in [0.15, 0.2) is 29.3 Å². The molecule has 1 aromatic rings. The molecular formula is C21H34N4O. The van der Waals surface area contributed by atoms with Crippen LogP contribution >= 0.6 is 0 Å². The van der Waals surface area contributed by atoms with Crippen LogP contribution in [-0.2, 0) is 11.3 Å². The van der Waals surface area contributed by atoms with E-state index in [9.17, 15) is 0 Å². The minimum absolute atomic E-state index is 0.119. The van der Waals surface area contributed by atoms with Gasteiger partial charge in [-0.2, -0.15) is 0 Å². The fraction of sp³-hybridized carbons (Fsp3) is 0.667. The van der Waals surface area contributed by atoms with Crippen molar-refractivity contribution >= 4 is 11.6 Å². The Balaban J connectivity index is 1.66. The number of aliphatic imine (C=N–C) groups is 1. The predicted molar refractivity (Wildman–Crippen MR) is 109 cm³/mol. The van der Waals surface area contributed by atoms with Crippen LogP contribution in [0.5, 0.6) is 0 Å². The van der Waals surface area contributed by atoms with Gasteiger partial charge in [-0.25, -0.2) is 4.99 Å². The van der Waals surface area contributed by atoms with E-state index in [0.29, 0.717) is 12.0 Å². The standard InChI is InChI=1S/C21H34N4O/c1-6-22-19(25-16-20(2,3)21(25,4)5)23-15-17-7-9-18(10-8-17)24-11-13-26-14-12-24/h7-10H,6,11-16H2,1-5H3,(H,22,23). The zero-order valence-corrected chi connectivity index (χ0v) is 17.0. The van der Waals surface area contributed by atoms with Gasteiger partial charge in [-0.3, -0.25) is 0 Å². The van der Waals surface area contributed by atoms with Crippen molar-refractivity contribution in [3.8, 4) is 0 Å².